The van der Waals surface area contributed by atoms with Crippen LogP contribution in [-0.4, -0.2) is 30.5 Å². The van der Waals surface area contributed by atoms with Crippen molar-refractivity contribution in [1.82, 2.24) is 5.32 Å². The second-order valence-corrected chi connectivity index (χ2v) is 5.20. The number of hydrogen-bond donors (Lipinski definition) is 1. The van der Waals surface area contributed by atoms with Gasteiger partial charge in [0.05, 0.1) is 12.8 Å². The lowest BCUT2D eigenvalue weighted by Crippen LogP contribution is -2.68. The molecule has 5 heteroatoms. The zero-order valence-electron chi connectivity index (χ0n) is 12.3. The molecule has 1 saturated heterocycles. The summed E-state index contributed by atoms with van der Waals surface area (Å²) in [5.74, 6) is 0.317. The molecule has 1 aromatic carbocycles. The Labute approximate surface area is 118 Å². The molecule has 0 radical (unpaired) electrons. The van der Waals surface area contributed by atoms with Crippen molar-refractivity contribution in [2.45, 2.75) is 38.8 Å². The third-order valence-electron chi connectivity index (χ3n) is 3.91. The number of nitrogens with zero attached hydrogens (tertiary/aromatic N) is 1. The van der Waals surface area contributed by atoms with Crippen molar-refractivity contribution in [3.05, 3.63) is 24.3 Å². The molecule has 108 valence electrons. The van der Waals surface area contributed by atoms with E-state index in [0.29, 0.717) is 17.9 Å². The first-order chi connectivity index (χ1) is 9.44. The molecule has 5 nitrogen and oxygen atoms in total. The van der Waals surface area contributed by atoms with Gasteiger partial charge in [-0.2, -0.15) is 0 Å². The number of piperazine rings is 1. The molecule has 0 saturated carbocycles. The van der Waals surface area contributed by atoms with E-state index in [4.69, 9.17) is 4.74 Å². The van der Waals surface area contributed by atoms with Crippen molar-refractivity contribution < 1.29 is 14.3 Å². The Morgan fingerprint density at radius 3 is 2.60 bits per heavy atom. The largest absolute Gasteiger partial charge is 0.495 e. The highest BCUT2D eigenvalue weighted by Gasteiger charge is 2.46. The van der Waals surface area contributed by atoms with Gasteiger partial charge >= 0.3 is 0 Å². The highest BCUT2D eigenvalue weighted by molar-refractivity contribution is 6.11. The first-order valence-corrected chi connectivity index (χ1v) is 6.73. The number of anilines is 1. The number of carbonyl (C=O) groups is 2. The number of benzene rings is 1. The molecule has 1 aliphatic heterocycles. The summed E-state index contributed by atoms with van der Waals surface area (Å²) in [6.07, 6.45) is 0.538. The summed E-state index contributed by atoms with van der Waals surface area (Å²) in [6.45, 7) is 5.35. The average molecular weight is 276 g/mol. The van der Waals surface area contributed by atoms with Gasteiger partial charge in [0, 0.05) is 0 Å². The van der Waals surface area contributed by atoms with Gasteiger partial charge < -0.3 is 10.1 Å². The Bertz CT molecular complexity index is 544. The summed E-state index contributed by atoms with van der Waals surface area (Å²) in [5.41, 5.74) is -0.244. The van der Waals surface area contributed by atoms with Crippen LogP contribution in [0.3, 0.4) is 0 Å². The molecule has 0 aliphatic carbocycles. The fourth-order valence-electron chi connectivity index (χ4n) is 2.38. The number of rotatable bonds is 3. The number of hydrogen-bond acceptors (Lipinski definition) is 3. The molecule has 1 fully saturated rings. The van der Waals surface area contributed by atoms with Crippen LogP contribution in [-0.2, 0) is 9.59 Å². The highest BCUT2D eigenvalue weighted by atomic mass is 16.5. The molecular formula is C15H20N2O3. The van der Waals surface area contributed by atoms with E-state index in [1.807, 2.05) is 19.1 Å². The quantitative estimate of drug-likeness (QED) is 0.914. The molecule has 0 spiro atoms. The van der Waals surface area contributed by atoms with E-state index in [0.717, 1.165) is 0 Å². The van der Waals surface area contributed by atoms with E-state index < -0.39 is 11.6 Å². The van der Waals surface area contributed by atoms with Crippen LogP contribution in [0.15, 0.2) is 24.3 Å². The van der Waals surface area contributed by atoms with Gasteiger partial charge in [-0.05, 0) is 32.4 Å². The molecule has 2 amide bonds. The van der Waals surface area contributed by atoms with Crippen molar-refractivity contribution in [1.29, 1.82) is 0 Å². The summed E-state index contributed by atoms with van der Waals surface area (Å²) in [6, 6.07) is 6.68. The van der Waals surface area contributed by atoms with Gasteiger partial charge in [0.25, 0.3) is 5.91 Å². The Hall–Kier alpha value is -2.04. The van der Waals surface area contributed by atoms with Crippen LogP contribution in [0.25, 0.3) is 0 Å². The highest BCUT2D eigenvalue weighted by Crippen LogP contribution is 2.33. The van der Waals surface area contributed by atoms with Crippen LogP contribution in [0.1, 0.15) is 27.2 Å². The molecule has 1 N–H and O–H groups in total. The molecular weight excluding hydrogens is 256 g/mol. The average Bonchev–Trinajstić information content (AvgIpc) is 2.46. The smallest absolute Gasteiger partial charge is 0.253 e. The van der Waals surface area contributed by atoms with Gasteiger partial charge in [0.15, 0.2) is 0 Å². The second-order valence-electron chi connectivity index (χ2n) is 5.20. The number of nitrogens with one attached hydrogen (secondary N) is 1. The number of para-hydroxylation sites is 2. The van der Waals surface area contributed by atoms with Gasteiger partial charge in [-0.15, -0.1) is 0 Å². The van der Waals surface area contributed by atoms with E-state index >= 15 is 0 Å². The predicted molar refractivity (Wildman–Crippen MR) is 76.8 cm³/mol. The maximum absolute atomic E-state index is 12.8. The summed E-state index contributed by atoms with van der Waals surface area (Å²) >= 11 is 0. The Balaban J connectivity index is 2.52. The minimum absolute atomic E-state index is 0.114. The third-order valence-corrected chi connectivity index (χ3v) is 3.91. The van der Waals surface area contributed by atoms with Crippen molar-refractivity contribution in [2.24, 2.45) is 0 Å². The number of amides is 2. The monoisotopic (exact) mass is 276 g/mol. The van der Waals surface area contributed by atoms with Gasteiger partial charge in [-0.3, -0.25) is 14.5 Å². The van der Waals surface area contributed by atoms with E-state index in [9.17, 15) is 9.59 Å². The second kappa shape index (κ2) is 5.15. The topological polar surface area (TPSA) is 58.6 Å². The maximum Gasteiger partial charge on any atom is 0.253 e. The van der Waals surface area contributed by atoms with Gasteiger partial charge in [0.2, 0.25) is 5.91 Å². The summed E-state index contributed by atoms with van der Waals surface area (Å²) in [7, 11) is 1.55. The molecule has 2 rings (SSSR count). The summed E-state index contributed by atoms with van der Waals surface area (Å²) in [4.78, 5) is 26.4. The van der Waals surface area contributed by atoms with E-state index in [2.05, 4.69) is 5.32 Å². The molecule has 0 bridgehead atoms. The summed E-state index contributed by atoms with van der Waals surface area (Å²) in [5, 5.41) is 2.81. The number of carbonyl (C=O) groups excluding carboxylic acids is 2. The first-order valence-electron chi connectivity index (χ1n) is 6.73. The lowest BCUT2D eigenvalue weighted by molar-refractivity contribution is -0.137. The third kappa shape index (κ3) is 2.13. The molecule has 0 aromatic heterocycles. The van der Waals surface area contributed by atoms with E-state index in [-0.39, 0.29) is 11.8 Å². The van der Waals surface area contributed by atoms with E-state index in [1.54, 1.807) is 33.1 Å². The van der Waals surface area contributed by atoms with Crippen LogP contribution in [0.5, 0.6) is 5.75 Å². The molecule has 1 aliphatic rings. The normalized spacial score (nSPS) is 26.4. The molecule has 2 atom stereocenters. The molecule has 2 unspecified atom stereocenters. The fourth-order valence-corrected chi connectivity index (χ4v) is 2.38. The van der Waals surface area contributed by atoms with Crippen LogP contribution < -0.4 is 15.0 Å². The van der Waals surface area contributed by atoms with E-state index in [1.165, 1.54) is 4.90 Å². The van der Waals surface area contributed by atoms with Gasteiger partial charge in [0.1, 0.15) is 17.3 Å². The standard InChI is InChI=1S/C15H20N2O3/c1-5-15(3)14(19)17(10(2)13(18)16-15)11-8-6-7-9-12(11)20-4/h6-10H,5H2,1-4H3,(H,16,18). The Morgan fingerprint density at radius 2 is 2.00 bits per heavy atom. The maximum atomic E-state index is 12.8. The molecule has 1 heterocycles. The van der Waals surface area contributed by atoms with Crippen LogP contribution in [0, 0.1) is 0 Å². The fraction of sp³-hybridized carbons (Fsp3) is 0.467. The number of methoxy groups -OCH3 is 1. The minimum Gasteiger partial charge on any atom is -0.495 e. The van der Waals surface area contributed by atoms with Crippen molar-refractivity contribution in [2.75, 3.05) is 12.0 Å². The van der Waals surface area contributed by atoms with Crippen LogP contribution in [0.2, 0.25) is 0 Å². The molecule has 1 aromatic rings. The lowest BCUT2D eigenvalue weighted by atomic mass is 9.91. The first kappa shape index (κ1) is 14.4. The Kier molecular flexibility index (Phi) is 3.70. The van der Waals surface area contributed by atoms with Crippen molar-refractivity contribution >= 4 is 17.5 Å². The molecule has 20 heavy (non-hydrogen) atoms. The van der Waals surface area contributed by atoms with Crippen LogP contribution >= 0.6 is 0 Å². The van der Waals surface area contributed by atoms with Gasteiger partial charge in [-0.25, -0.2) is 0 Å². The zero-order valence-corrected chi connectivity index (χ0v) is 12.3. The SMILES string of the molecule is CCC1(C)NC(=O)C(C)N(c2ccccc2OC)C1=O. The lowest BCUT2D eigenvalue weighted by Gasteiger charge is -2.43. The zero-order chi connectivity index (χ0) is 14.9. The van der Waals surface area contributed by atoms with Crippen LogP contribution in [0.4, 0.5) is 5.69 Å². The van der Waals surface area contributed by atoms with Crippen molar-refractivity contribution in [3.8, 4) is 5.75 Å². The minimum atomic E-state index is -0.871. The Morgan fingerprint density at radius 1 is 1.35 bits per heavy atom. The van der Waals surface area contributed by atoms with Crippen molar-refractivity contribution in [3.63, 3.8) is 0 Å². The van der Waals surface area contributed by atoms with Gasteiger partial charge in [-0.1, -0.05) is 19.1 Å². The summed E-state index contributed by atoms with van der Waals surface area (Å²) < 4.78 is 5.31. The predicted octanol–water partition coefficient (Wildman–Crippen LogP) is 1.72. The number of ether oxygens (including phenoxy) is 1.